The predicted octanol–water partition coefficient (Wildman–Crippen LogP) is 0.477. The Hall–Kier alpha value is -0.330. The lowest BCUT2D eigenvalue weighted by Crippen LogP contribution is -2.50. The summed E-state index contributed by atoms with van der Waals surface area (Å²) in [5, 5.41) is 2.78. The van der Waals surface area contributed by atoms with Crippen molar-refractivity contribution in [2.75, 3.05) is 18.1 Å². The minimum Gasteiger partial charge on any atom is -0.354 e. The van der Waals surface area contributed by atoms with Gasteiger partial charge in [0.1, 0.15) is 0 Å². The number of rotatable bonds is 5. The van der Waals surface area contributed by atoms with Crippen molar-refractivity contribution in [2.24, 2.45) is 11.7 Å². The van der Waals surface area contributed by atoms with Crippen LogP contribution in [0, 0.1) is 5.92 Å². The molecule has 0 aromatic heterocycles. The summed E-state index contributed by atoms with van der Waals surface area (Å²) in [5.74, 6) is -0.463. The van der Waals surface area contributed by atoms with Crippen LogP contribution in [0.4, 0.5) is 0 Å². The second-order valence-corrected chi connectivity index (χ2v) is 7.12. The summed E-state index contributed by atoms with van der Waals surface area (Å²) < 4.78 is 22.5. The van der Waals surface area contributed by atoms with Gasteiger partial charge in [-0.3, -0.25) is 4.79 Å². The molecule has 5 nitrogen and oxygen atoms in total. The van der Waals surface area contributed by atoms with Gasteiger partial charge in [-0.15, -0.1) is 12.4 Å². The molecule has 1 aliphatic heterocycles. The molecule has 1 atom stereocenters. The monoisotopic (exact) mass is 298 g/mol. The molecule has 1 amide bonds. The van der Waals surface area contributed by atoms with Gasteiger partial charge < -0.3 is 11.1 Å². The van der Waals surface area contributed by atoms with E-state index in [1.165, 1.54) is 0 Å². The maximum Gasteiger partial charge on any atom is 0.224 e. The van der Waals surface area contributed by atoms with E-state index in [1.54, 1.807) is 0 Å². The number of hydrogen-bond donors (Lipinski definition) is 2. The number of halogens is 1. The molecule has 7 heteroatoms. The van der Waals surface area contributed by atoms with Crippen LogP contribution in [0.5, 0.6) is 0 Å². The van der Waals surface area contributed by atoms with Gasteiger partial charge in [0.15, 0.2) is 9.84 Å². The Balaban J connectivity index is 0.00000289. The molecule has 0 spiro atoms. The van der Waals surface area contributed by atoms with Gasteiger partial charge in [0.2, 0.25) is 5.91 Å². The molecule has 0 bridgehead atoms. The first-order valence-electron chi connectivity index (χ1n) is 6.09. The van der Waals surface area contributed by atoms with Crippen LogP contribution >= 0.6 is 12.4 Å². The molecule has 1 heterocycles. The molecule has 1 fully saturated rings. The van der Waals surface area contributed by atoms with Crippen molar-refractivity contribution in [1.29, 1.82) is 0 Å². The summed E-state index contributed by atoms with van der Waals surface area (Å²) in [6.07, 6.45) is 2.00. The van der Waals surface area contributed by atoms with Crippen LogP contribution in [0.25, 0.3) is 0 Å². The highest BCUT2D eigenvalue weighted by molar-refractivity contribution is 7.91. The molecule has 1 unspecified atom stereocenters. The number of nitrogens with two attached hydrogens (primary N) is 1. The van der Waals surface area contributed by atoms with E-state index in [0.717, 1.165) is 12.8 Å². The smallest absolute Gasteiger partial charge is 0.224 e. The van der Waals surface area contributed by atoms with Crippen LogP contribution in [-0.2, 0) is 14.6 Å². The highest BCUT2D eigenvalue weighted by atomic mass is 35.5. The fourth-order valence-corrected chi connectivity index (χ4v) is 3.65. The molecular weight excluding hydrogens is 276 g/mol. The number of amides is 1. The second kappa shape index (κ2) is 6.73. The Labute approximate surface area is 115 Å². The summed E-state index contributed by atoms with van der Waals surface area (Å²) in [5.41, 5.74) is 5.68. The average molecular weight is 299 g/mol. The predicted molar refractivity (Wildman–Crippen MR) is 74.5 cm³/mol. The zero-order valence-corrected chi connectivity index (χ0v) is 12.6. The molecule has 0 radical (unpaired) electrons. The maximum absolute atomic E-state index is 11.8. The number of sulfone groups is 1. The van der Waals surface area contributed by atoms with Gasteiger partial charge in [0.05, 0.1) is 17.4 Å². The van der Waals surface area contributed by atoms with Gasteiger partial charge in [-0.25, -0.2) is 8.42 Å². The quantitative estimate of drug-likeness (QED) is 0.772. The number of carbonyl (C=O) groups excluding carboxylic acids is 1. The standard InChI is InChI=1S/C11H22N2O3S.ClH/c1-3-11(12,4-2)8-13-10(14)9-5-6-17(15,16)7-9;/h9H,3-8,12H2,1-2H3,(H,13,14);1H. The normalized spacial score (nSPS) is 22.3. The van der Waals surface area contributed by atoms with Crippen molar-refractivity contribution in [3.63, 3.8) is 0 Å². The van der Waals surface area contributed by atoms with Crippen molar-refractivity contribution in [3.05, 3.63) is 0 Å². The lowest BCUT2D eigenvalue weighted by Gasteiger charge is -2.27. The van der Waals surface area contributed by atoms with Crippen molar-refractivity contribution in [3.8, 4) is 0 Å². The Morgan fingerprint density at radius 1 is 1.39 bits per heavy atom. The lowest BCUT2D eigenvalue weighted by molar-refractivity contribution is -0.124. The van der Waals surface area contributed by atoms with Crippen LogP contribution in [0.1, 0.15) is 33.1 Å². The van der Waals surface area contributed by atoms with E-state index in [0.29, 0.717) is 13.0 Å². The molecule has 3 N–H and O–H groups in total. The summed E-state index contributed by atoms with van der Waals surface area (Å²) >= 11 is 0. The molecular formula is C11H23ClN2O3S. The third-order valence-electron chi connectivity index (χ3n) is 3.63. The van der Waals surface area contributed by atoms with Gasteiger partial charge in [-0.1, -0.05) is 13.8 Å². The lowest BCUT2D eigenvalue weighted by atomic mass is 9.94. The highest BCUT2D eigenvalue weighted by Crippen LogP contribution is 2.18. The Bertz CT molecular complexity index is 380. The van der Waals surface area contributed by atoms with Gasteiger partial charge >= 0.3 is 0 Å². The molecule has 1 saturated heterocycles. The van der Waals surface area contributed by atoms with Crippen molar-refractivity contribution in [1.82, 2.24) is 5.32 Å². The van der Waals surface area contributed by atoms with E-state index in [1.807, 2.05) is 13.8 Å². The van der Waals surface area contributed by atoms with Crippen molar-refractivity contribution in [2.45, 2.75) is 38.6 Å². The summed E-state index contributed by atoms with van der Waals surface area (Å²) in [7, 11) is -3.00. The van der Waals surface area contributed by atoms with Gasteiger partial charge in [-0.2, -0.15) is 0 Å². The van der Waals surface area contributed by atoms with Crippen molar-refractivity contribution < 1.29 is 13.2 Å². The minimum atomic E-state index is -3.00. The van der Waals surface area contributed by atoms with E-state index in [4.69, 9.17) is 5.73 Å². The fourth-order valence-electron chi connectivity index (χ4n) is 1.91. The third-order valence-corrected chi connectivity index (χ3v) is 5.39. The maximum atomic E-state index is 11.8. The Kier molecular flexibility index (Phi) is 6.60. The highest BCUT2D eigenvalue weighted by Gasteiger charge is 2.33. The zero-order chi connectivity index (χ0) is 13.1. The van der Waals surface area contributed by atoms with E-state index in [9.17, 15) is 13.2 Å². The molecule has 0 saturated carbocycles. The summed E-state index contributed by atoms with van der Waals surface area (Å²) in [6.45, 7) is 4.38. The first kappa shape index (κ1) is 17.7. The van der Waals surface area contributed by atoms with Gasteiger partial charge in [-0.05, 0) is 19.3 Å². The van der Waals surface area contributed by atoms with Crippen LogP contribution in [-0.4, -0.2) is 37.9 Å². The molecule has 1 rings (SSSR count). The number of nitrogens with one attached hydrogen (secondary N) is 1. The van der Waals surface area contributed by atoms with Crippen LogP contribution in [0.2, 0.25) is 0 Å². The Morgan fingerprint density at radius 3 is 2.33 bits per heavy atom. The van der Waals surface area contributed by atoms with Crippen LogP contribution in [0.3, 0.4) is 0 Å². The first-order valence-corrected chi connectivity index (χ1v) is 7.91. The molecule has 0 aromatic carbocycles. The molecule has 1 aliphatic rings. The molecule has 0 aromatic rings. The van der Waals surface area contributed by atoms with Gasteiger partial charge in [0, 0.05) is 12.1 Å². The first-order chi connectivity index (χ1) is 7.82. The summed E-state index contributed by atoms with van der Waals surface area (Å²) in [4.78, 5) is 11.8. The largest absolute Gasteiger partial charge is 0.354 e. The Morgan fingerprint density at radius 2 is 1.94 bits per heavy atom. The van der Waals surface area contributed by atoms with Crippen LogP contribution in [0.15, 0.2) is 0 Å². The SMILES string of the molecule is CCC(N)(CC)CNC(=O)C1CCS(=O)(=O)C1.Cl. The van der Waals surface area contributed by atoms with Crippen LogP contribution < -0.4 is 11.1 Å². The fraction of sp³-hybridized carbons (Fsp3) is 0.909. The minimum absolute atomic E-state index is 0. The van der Waals surface area contributed by atoms with E-state index >= 15 is 0 Å². The van der Waals surface area contributed by atoms with E-state index in [-0.39, 0.29) is 35.4 Å². The third kappa shape index (κ3) is 4.74. The number of hydrogen-bond acceptors (Lipinski definition) is 4. The van der Waals surface area contributed by atoms with E-state index < -0.39 is 15.8 Å². The topological polar surface area (TPSA) is 89.3 Å². The summed E-state index contributed by atoms with van der Waals surface area (Å²) in [6, 6.07) is 0. The zero-order valence-electron chi connectivity index (χ0n) is 10.9. The number of carbonyl (C=O) groups is 1. The molecule has 18 heavy (non-hydrogen) atoms. The molecule has 0 aliphatic carbocycles. The average Bonchev–Trinajstić information content (AvgIpc) is 2.66. The second-order valence-electron chi connectivity index (χ2n) is 4.89. The molecule has 108 valence electrons. The van der Waals surface area contributed by atoms with Crippen molar-refractivity contribution >= 4 is 28.2 Å². The van der Waals surface area contributed by atoms with Gasteiger partial charge in [0.25, 0.3) is 0 Å². The van der Waals surface area contributed by atoms with E-state index in [2.05, 4.69) is 5.32 Å².